The van der Waals surface area contributed by atoms with Crippen LogP contribution in [0.4, 0.5) is 10.1 Å². The number of hydrogen-bond acceptors (Lipinski definition) is 5. The highest BCUT2D eigenvalue weighted by Crippen LogP contribution is 2.30. The average molecular weight is 584 g/mol. The lowest BCUT2D eigenvalue weighted by atomic mass is 9.87. The first kappa shape index (κ1) is 29.1. The van der Waals surface area contributed by atoms with Crippen molar-refractivity contribution in [3.05, 3.63) is 64.6 Å². The first-order valence-electron chi connectivity index (χ1n) is 14.0. The van der Waals surface area contributed by atoms with Crippen LogP contribution < -0.4 is 5.32 Å². The molecule has 1 saturated carbocycles. The third-order valence-electron chi connectivity index (χ3n) is 8.28. The number of nitrogens with one attached hydrogen (secondary N) is 1. The number of benzene rings is 2. The zero-order chi connectivity index (χ0) is 29.1. The molecule has 2 aromatic carbocycles. The first-order valence-corrected chi connectivity index (χ1v) is 14.4. The molecule has 1 atom stereocenters. The van der Waals surface area contributed by atoms with E-state index in [0.717, 1.165) is 43.0 Å². The molecular formula is C31H35ClFN3O5. The Morgan fingerprint density at radius 2 is 1.85 bits per heavy atom. The van der Waals surface area contributed by atoms with E-state index in [9.17, 15) is 14.4 Å². The fourth-order valence-corrected chi connectivity index (χ4v) is 6.14. The summed E-state index contributed by atoms with van der Waals surface area (Å²) in [6, 6.07) is 10.1. The van der Waals surface area contributed by atoms with Gasteiger partial charge in [-0.15, -0.1) is 0 Å². The third-order valence-corrected chi connectivity index (χ3v) is 8.60. The summed E-state index contributed by atoms with van der Waals surface area (Å²) < 4.78 is 27.9. The molecule has 2 amide bonds. The first-order chi connectivity index (χ1) is 19.7. The maximum absolute atomic E-state index is 15.1. The highest BCUT2D eigenvalue weighted by atomic mass is 35.5. The molecule has 218 valence electrons. The number of anilines is 1. The summed E-state index contributed by atoms with van der Waals surface area (Å²) in [6.45, 7) is 1.71. The second-order valence-electron chi connectivity index (χ2n) is 11.0. The Balaban J connectivity index is 1.13. The number of nitrogens with zero attached hydrogens (tertiary/aromatic N) is 2. The fourth-order valence-electron chi connectivity index (χ4n) is 5.91. The highest BCUT2D eigenvalue weighted by molar-refractivity contribution is 6.34. The van der Waals surface area contributed by atoms with E-state index in [1.165, 1.54) is 19.2 Å². The number of hydrogen-bond donors (Lipinski definition) is 1. The van der Waals surface area contributed by atoms with Crippen LogP contribution in [0, 0.1) is 17.7 Å². The predicted molar refractivity (Wildman–Crippen MR) is 154 cm³/mol. The van der Waals surface area contributed by atoms with E-state index in [-0.39, 0.29) is 52.5 Å². The van der Waals surface area contributed by atoms with Gasteiger partial charge in [0.2, 0.25) is 5.91 Å². The molecule has 3 aromatic rings. The number of rotatable bonds is 8. The second-order valence-corrected chi connectivity index (χ2v) is 11.5. The minimum absolute atomic E-state index is 0.0390. The summed E-state index contributed by atoms with van der Waals surface area (Å²) in [5.74, 6) is -1.13. The summed E-state index contributed by atoms with van der Waals surface area (Å²) >= 11 is 6.42. The fraction of sp³-hybridized carbons (Fsp3) is 0.452. The number of halogens is 2. The van der Waals surface area contributed by atoms with Gasteiger partial charge in [0.1, 0.15) is 5.82 Å². The van der Waals surface area contributed by atoms with Crippen LogP contribution in [-0.2, 0) is 32.5 Å². The predicted octanol–water partition coefficient (Wildman–Crippen LogP) is 5.36. The Morgan fingerprint density at radius 3 is 2.61 bits per heavy atom. The third kappa shape index (κ3) is 6.57. The number of esters is 1. The molecular weight excluding hydrogens is 549 g/mol. The van der Waals surface area contributed by atoms with E-state index in [1.807, 2.05) is 35.9 Å². The quantitative estimate of drug-likeness (QED) is 0.361. The van der Waals surface area contributed by atoms with Crippen LogP contribution in [0.3, 0.4) is 0 Å². The summed E-state index contributed by atoms with van der Waals surface area (Å²) in [5, 5.41) is 3.66. The van der Waals surface area contributed by atoms with Crippen molar-refractivity contribution in [2.45, 2.75) is 44.6 Å². The second kappa shape index (κ2) is 12.6. The zero-order valence-electron chi connectivity index (χ0n) is 23.3. The summed E-state index contributed by atoms with van der Waals surface area (Å²) in [4.78, 5) is 39.4. The minimum atomic E-state index is -0.599. The number of amides is 2. The number of carbonyl (C=O) groups is 3. The molecule has 0 spiro atoms. The Kier molecular flexibility index (Phi) is 8.94. The lowest BCUT2D eigenvalue weighted by Crippen LogP contribution is -2.32. The van der Waals surface area contributed by atoms with Gasteiger partial charge in [0.25, 0.3) is 5.91 Å². The number of likely N-dealkylation sites (tertiary alicyclic amines) is 1. The van der Waals surface area contributed by atoms with Crippen molar-refractivity contribution in [1.82, 2.24) is 9.47 Å². The average Bonchev–Trinajstić information content (AvgIpc) is 3.59. The standard InChI is InChI=1S/C31H35ClFN3O5/c1-35-17-24(23-5-3-4-6-28(23)35)30(38)34-27-15-26(33)21(13-25(27)32)14-29(37)36-12-11-19(16-36)18-41-22-9-7-20(8-10-22)31(39)40-2/h3-6,13,15,17,19-20,22H,7-12,14,16,18H2,1-2H3,(H,34,38)/t19-,20?,22?/m1/s1. The molecule has 1 aromatic heterocycles. The van der Waals surface area contributed by atoms with Crippen LogP contribution >= 0.6 is 11.6 Å². The molecule has 10 heteroatoms. The van der Waals surface area contributed by atoms with Gasteiger partial charge in [-0.2, -0.15) is 0 Å². The van der Waals surface area contributed by atoms with Crippen molar-refractivity contribution in [1.29, 1.82) is 0 Å². The van der Waals surface area contributed by atoms with Gasteiger partial charge in [-0.1, -0.05) is 29.8 Å². The van der Waals surface area contributed by atoms with E-state index in [2.05, 4.69) is 5.32 Å². The van der Waals surface area contributed by atoms with Gasteiger partial charge in [-0.25, -0.2) is 4.39 Å². The van der Waals surface area contributed by atoms with Gasteiger partial charge in [0.05, 0.1) is 48.4 Å². The summed E-state index contributed by atoms with van der Waals surface area (Å²) in [7, 11) is 3.27. The summed E-state index contributed by atoms with van der Waals surface area (Å²) in [6.07, 6.45) is 5.75. The van der Waals surface area contributed by atoms with E-state index >= 15 is 4.39 Å². The van der Waals surface area contributed by atoms with E-state index in [0.29, 0.717) is 25.3 Å². The van der Waals surface area contributed by atoms with Crippen LogP contribution in [-0.4, -0.2) is 60.2 Å². The number of ether oxygens (including phenoxy) is 2. The Labute approximate surface area is 243 Å². The maximum Gasteiger partial charge on any atom is 0.308 e. The zero-order valence-corrected chi connectivity index (χ0v) is 24.1. The van der Waals surface area contributed by atoms with E-state index in [1.54, 1.807) is 11.1 Å². The molecule has 5 rings (SSSR count). The molecule has 41 heavy (non-hydrogen) atoms. The van der Waals surface area contributed by atoms with Crippen LogP contribution in [0.1, 0.15) is 48.0 Å². The van der Waals surface area contributed by atoms with Crippen LogP contribution in [0.25, 0.3) is 10.9 Å². The van der Waals surface area contributed by atoms with Crippen molar-refractivity contribution in [2.24, 2.45) is 18.9 Å². The van der Waals surface area contributed by atoms with Gasteiger partial charge in [0.15, 0.2) is 0 Å². The summed E-state index contributed by atoms with van der Waals surface area (Å²) in [5.41, 5.74) is 1.70. The number of para-hydroxylation sites is 1. The number of fused-ring (bicyclic) bond motifs is 1. The SMILES string of the molecule is COC(=O)C1CCC(OC[C@@H]2CCN(C(=O)Cc3cc(Cl)c(NC(=O)c4cn(C)c5ccccc45)cc3F)C2)CC1. The lowest BCUT2D eigenvalue weighted by molar-refractivity contribution is -0.147. The lowest BCUT2D eigenvalue weighted by Gasteiger charge is -2.28. The van der Waals surface area contributed by atoms with Gasteiger partial charge < -0.3 is 24.3 Å². The Bertz CT molecular complexity index is 1450. The molecule has 0 radical (unpaired) electrons. The van der Waals surface area contributed by atoms with Crippen LogP contribution in [0.5, 0.6) is 0 Å². The van der Waals surface area contributed by atoms with Gasteiger partial charge in [0, 0.05) is 43.2 Å². The van der Waals surface area contributed by atoms with Crippen molar-refractivity contribution >= 4 is 46.0 Å². The Morgan fingerprint density at radius 1 is 1.10 bits per heavy atom. The molecule has 8 nitrogen and oxygen atoms in total. The molecule has 0 unspecified atom stereocenters. The smallest absolute Gasteiger partial charge is 0.308 e. The molecule has 2 fully saturated rings. The van der Waals surface area contributed by atoms with Crippen LogP contribution in [0.15, 0.2) is 42.6 Å². The maximum atomic E-state index is 15.1. The number of carbonyl (C=O) groups excluding carboxylic acids is 3. The highest BCUT2D eigenvalue weighted by Gasteiger charge is 2.30. The molecule has 2 aliphatic rings. The molecule has 1 N–H and O–H groups in total. The van der Waals surface area contributed by atoms with Gasteiger partial charge in [-0.3, -0.25) is 14.4 Å². The minimum Gasteiger partial charge on any atom is -0.469 e. The molecule has 1 aliphatic heterocycles. The van der Waals surface area contributed by atoms with Crippen molar-refractivity contribution in [3.8, 4) is 0 Å². The molecule has 1 saturated heterocycles. The van der Waals surface area contributed by atoms with Gasteiger partial charge >= 0.3 is 5.97 Å². The van der Waals surface area contributed by atoms with Crippen molar-refractivity contribution < 1.29 is 28.2 Å². The van der Waals surface area contributed by atoms with Crippen molar-refractivity contribution in [3.63, 3.8) is 0 Å². The molecule has 2 heterocycles. The van der Waals surface area contributed by atoms with Crippen molar-refractivity contribution in [2.75, 3.05) is 32.1 Å². The van der Waals surface area contributed by atoms with E-state index in [4.69, 9.17) is 21.1 Å². The molecule has 1 aliphatic carbocycles. The van der Waals surface area contributed by atoms with E-state index < -0.39 is 11.7 Å². The number of aryl methyl sites for hydroxylation is 1. The van der Waals surface area contributed by atoms with Gasteiger partial charge in [-0.05, 0) is 55.9 Å². The number of aromatic nitrogens is 1. The Hall–Kier alpha value is -3.43. The largest absolute Gasteiger partial charge is 0.469 e. The molecule has 0 bridgehead atoms. The van der Waals surface area contributed by atoms with Crippen LogP contribution in [0.2, 0.25) is 5.02 Å². The number of methoxy groups -OCH3 is 1. The monoisotopic (exact) mass is 583 g/mol. The normalized spacial score (nSPS) is 20.8. The topological polar surface area (TPSA) is 89.9 Å².